The lowest BCUT2D eigenvalue weighted by atomic mass is 10.2. The first-order valence-electron chi connectivity index (χ1n) is 9.60. The highest BCUT2D eigenvalue weighted by Crippen LogP contribution is 2.30. The quantitative estimate of drug-likeness (QED) is 0.435. The van der Waals surface area contributed by atoms with E-state index in [9.17, 15) is 22.0 Å². The van der Waals surface area contributed by atoms with Gasteiger partial charge in [-0.1, -0.05) is 6.58 Å². The van der Waals surface area contributed by atoms with Gasteiger partial charge in [0.15, 0.2) is 6.61 Å². The molecule has 1 atom stereocenters. The number of aryl methyl sites for hydroxylation is 1. The molecule has 0 saturated heterocycles. The summed E-state index contributed by atoms with van der Waals surface area (Å²) in [5.41, 5.74) is 2.53. The number of fused-ring (bicyclic) bond motifs is 1. The first kappa shape index (κ1) is 23.4. The second-order valence-electron chi connectivity index (χ2n) is 7.48. The molecule has 0 amide bonds. The Balaban J connectivity index is 1.71. The second-order valence-corrected chi connectivity index (χ2v) is 7.48. The molecule has 0 aliphatic rings. The van der Waals surface area contributed by atoms with Gasteiger partial charge in [-0.05, 0) is 43.3 Å². The number of rotatable bonds is 8. The maximum absolute atomic E-state index is 12.9. The molecule has 0 aliphatic heterocycles. The third-order valence-electron chi connectivity index (χ3n) is 4.64. The Morgan fingerprint density at radius 3 is 2.41 bits per heavy atom. The smallest absolute Gasteiger partial charge is 0.486 e. The molecule has 3 rings (SSSR count). The van der Waals surface area contributed by atoms with Crippen LogP contribution in [-0.4, -0.2) is 28.4 Å². The zero-order valence-corrected chi connectivity index (χ0v) is 17.6. The maximum Gasteiger partial charge on any atom is 0.573 e. The summed E-state index contributed by atoms with van der Waals surface area (Å²) in [4.78, 5) is 4.23. The van der Waals surface area contributed by atoms with Gasteiger partial charge in [-0.3, -0.25) is 4.98 Å². The lowest BCUT2D eigenvalue weighted by Gasteiger charge is -2.18. The number of hydrogen-bond donors (Lipinski definition) is 1. The molecule has 0 radical (unpaired) electrons. The number of ether oxygens (including phenoxy) is 2. The van der Waals surface area contributed by atoms with Crippen molar-refractivity contribution in [2.75, 3.05) is 6.61 Å². The van der Waals surface area contributed by atoms with Gasteiger partial charge in [0.1, 0.15) is 11.5 Å². The van der Waals surface area contributed by atoms with Crippen molar-refractivity contribution in [3.63, 3.8) is 0 Å². The van der Waals surface area contributed by atoms with E-state index in [0.29, 0.717) is 28.0 Å². The van der Waals surface area contributed by atoms with Gasteiger partial charge in [0, 0.05) is 24.9 Å². The summed E-state index contributed by atoms with van der Waals surface area (Å²) in [6.07, 6.45) is -3.40. The van der Waals surface area contributed by atoms with Crippen molar-refractivity contribution in [2.45, 2.75) is 32.2 Å². The number of hydrogen-bond acceptors (Lipinski definition) is 4. The lowest BCUT2D eigenvalue weighted by Crippen LogP contribution is -2.21. The maximum atomic E-state index is 12.9. The summed E-state index contributed by atoms with van der Waals surface area (Å²) < 4.78 is 74.0. The van der Waals surface area contributed by atoms with Gasteiger partial charge in [-0.15, -0.1) is 13.2 Å². The number of alkyl halides is 5. The first-order valence-corrected chi connectivity index (χ1v) is 9.60. The van der Waals surface area contributed by atoms with Gasteiger partial charge in [-0.2, -0.15) is 0 Å². The Morgan fingerprint density at radius 2 is 1.81 bits per heavy atom. The van der Waals surface area contributed by atoms with Crippen LogP contribution in [0.3, 0.4) is 0 Å². The summed E-state index contributed by atoms with van der Waals surface area (Å²) in [6.45, 7) is 5.89. The Hall–Kier alpha value is -3.30. The van der Waals surface area contributed by atoms with Crippen molar-refractivity contribution in [3.8, 4) is 11.5 Å². The van der Waals surface area contributed by atoms with Crippen molar-refractivity contribution in [1.82, 2.24) is 14.9 Å². The lowest BCUT2D eigenvalue weighted by molar-refractivity contribution is -0.274. The molecule has 5 nitrogen and oxygen atoms in total. The van der Waals surface area contributed by atoms with Gasteiger partial charge in [0.2, 0.25) is 0 Å². The van der Waals surface area contributed by atoms with Gasteiger partial charge < -0.3 is 19.4 Å². The minimum Gasteiger partial charge on any atom is -0.486 e. The molecule has 3 aromatic rings. The van der Waals surface area contributed by atoms with Crippen molar-refractivity contribution in [2.24, 2.45) is 7.05 Å². The van der Waals surface area contributed by atoms with Gasteiger partial charge in [0.25, 0.3) is 5.92 Å². The molecule has 2 heterocycles. The molecule has 0 spiro atoms. The highest BCUT2D eigenvalue weighted by atomic mass is 19.4. The van der Waals surface area contributed by atoms with Crippen LogP contribution in [0.5, 0.6) is 11.5 Å². The van der Waals surface area contributed by atoms with Crippen LogP contribution in [0.15, 0.2) is 49.2 Å². The van der Waals surface area contributed by atoms with Crippen molar-refractivity contribution in [3.05, 3.63) is 60.6 Å². The summed E-state index contributed by atoms with van der Waals surface area (Å²) in [5.74, 6) is -3.02. The van der Waals surface area contributed by atoms with Crippen molar-refractivity contribution >= 4 is 16.6 Å². The summed E-state index contributed by atoms with van der Waals surface area (Å²) in [5, 5.41) is 3.76. The average Bonchev–Trinajstić information content (AvgIpc) is 3.01. The molecule has 1 aromatic carbocycles. The van der Waals surface area contributed by atoms with Crippen LogP contribution < -0.4 is 14.8 Å². The zero-order valence-electron chi connectivity index (χ0n) is 17.6. The SMILES string of the molecule is C=C(NC(C)c1ccc(OCC(C)(F)F)cn1)c1cc2cc(OC(F)(F)F)ccc2n1C. The third kappa shape index (κ3) is 5.89. The topological polar surface area (TPSA) is 48.3 Å². The first-order chi connectivity index (χ1) is 14.8. The fraction of sp³-hybridized carbons (Fsp3) is 0.318. The Kier molecular flexibility index (Phi) is 6.34. The molecule has 0 saturated carbocycles. The zero-order chi connectivity index (χ0) is 23.7. The summed E-state index contributed by atoms with van der Waals surface area (Å²) in [6, 6.07) is 8.71. The number of pyridine rings is 1. The Morgan fingerprint density at radius 1 is 1.12 bits per heavy atom. The number of halogens is 5. The van der Waals surface area contributed by atoms with Crippen LogP contribution in [0.4, 0.5) is 22.0 Å². The van der Waals surface area contributed by atoms with E-state index in [1.54, 1.807) is 29.8 Å². The predicted molar refractivity (Wildman–Crippen MR) is 111 cm³/mol. The fourth-order valence-electron chi connectivity index (χ4n) is 3.17. The van der Waals surface area contributed by atoms with Crippen LogP contribution in [0.2, 0.25) is 0 Å². The molecule has 0 aliphatic carbocycles. The van der Waals surface area contributed by atoms with E-state index in [1.807, 2.05) is 6.92 Å². The summed E-state index contributed by atoms with van der Waals surface area (Å²) >= 11 is 0. The van der Waals surface area contributed by atoms with Gasteiger partial charge >= 0.3 is 6.36 Å². The molecule has 172 valence electrons. The van der Waals surface area contributed by atoms with E-state index in [1.165, 1.54) is 24.4 Å². The van der Waals surface area contributed by atoms with Crippen molar-refractivity contribution < 1.29 is 31.4 Å². The standard InChI is InChI=1S/C22H22F5N3O2/c1-13(18-7-5-17(11-28-18)31-12-21(3,23)24)29-14(2)20-10-15-9-16(32-22(25,26)27)6-8-19(15)30(20)4/h5-11,13,29H,2,12H2,1,3-4H3. The average molecular weight is 455 g/mol. The monoisotopic (exact) mass is 455 g/mol. The molecular formula is C22H22F5N3O2. The molecule has 0 fully saturated rings. The molecule has 32 heavy (non-hydrogen) atoms. The Bertz CT molecular complexity index is 1100. The van der Waals surface area contributed by atoms with Gasteiger partial charge in [-0.25, -0.2) is 8.78 Å². The molecule has 0 bridgehead atoms. The summed E-state index contributed by atoms with van der Waals surface area (Å²) in [7, 11) is 1.77. The largest absolute Gasteiger partial charge is 0.573 e. The minimum absolute atomic E-state index is 0.229. The highest BCUT2D eigenvalue weighted by Gasteiger charge is 2.31. The number of nitrogens with zero attached hydrogens (tertiary/aromatic N) is 2. The number of nitrogens with one attached hydrogen (secondary N) is 1. The van der Waals surface area contributed by atoms with Crippen LogP contribution in [0.1, 0.15) is 31.3 Å². The van der Waals surface area contributed by atoms with Crippen molar-refractivity contribution in [1.29, 1.82) is 0 Å². The molecular weight excluding hydrogens is 433 g/mol. The fourth-order valence-corrected chi connectivity index (χ4v) is 3.17. The van der Waals surface area contributed by atoms with E-state index in [0.717, 1.165) is 6.92 Å². The number of benzene rings is 1. The van der Waals surface area contributed by atoms with E-state index in [-0.39, 0.29) is 17.5 Å². The number of aromatic nitrogens is 2. The van der Waals surface area contributed by atoms with Crippen LogP contribution in [-0.2, 0) is 7.05 Å². The molecule has 2 aromatic heterocycles. The van der Waals surface area contributed by atoms with E-state index < -0.39 is 18.9 Å². The van der Waals surface area contributed by atoms with E-state index >= 15 is 0 Å². The minimum atomic E-state index is -4.77. The molecule has 10 heteroatoms. The molecule has 1 N–H and O–H groups in total. The normalized spacial score (nSPS) is 13.1. The van der Waals surface area contributed by atoms with Crippen LogP contribution in [0, 0.1) is 0 Å². The van der Waals surface area contributed by atoms with Crippen LogP contribution in [0.25, 0.3) is 16.6 Å². The van der Waals surface area contributed by atoms with Gasteiger partial charge in [0.05, 0.1) is 29.3 Å². The molecule has 1 unspecified atom stereocenters. The predicted octanol–water partition coefficient (Wildman–Crippen LogP) is 5.83. The Labute approximate surface area is 181 Å². The van der Waals surface area contributed by atoms with Crippen LogP contribution >= 0.6 is 0 Å². The van der Waals surface area contributed by atoms with E-state index in [4.69, 9.17) is 4.74 Å². The third-order valence-corrected chi connectivity index (χ3v) is 4.64. The second kappa shape index (κ2) is 8.68. The van der Waals surface area contributed by atoms with E-state index in [2.05, 4.69) is 21.6 Å². The highest BCUT2D eigenvalue weighted by molar-refractivity contribution is 5.86.